The lowest BCUT2D eigenvalue weighted by atomic mass is 10.2. The van der Waals surface area contributed by atoms with E-state index >= 15 is 0 Å². The van der Waals surface area contributed by atoms with E-state index in [-0.39, 0.29) is 5.56 Å². The number of hydrogen-bond donors (Lipinski definition) is 1. The molecule has 0 atom stereocenters. The molecule has 0 radical (unpaired) electrons. The van der Waals surface area contributed by atoms with Crippen molar-refractivity contribution in [3.05, 3.63) is 23.7 Å². The van der Waals surface area contributed by atoms with Crippen LogP contribution < -0.4 is 0 Å². The molecule has 0 aliphatic rings. The van der Waals surface area contributed by atoms with Gasteiger partial charge in [-0.2, -0.15) is 0 Å². The molecule has 0 aromatic carbocycles. The molecule has 0 spiro atoms. The summed E-state index contributed by atoms with van der Waals surface area (Å²) in [6, 6.07) is 1.28. The Hall–Kier alpha value is -1.78. The standard InChI is InChI=1S/C10H12O5/c1-10(2,3)15-9(13)6-4-5-14-7(6)8(11)12/h4-5H,1-3H3,(H,11,12). The molecule has 5 heteroatoms. The van der Waals surface area contributed by atoms with Crippen LogP contribution in [0.15, 0.2) is 16.7 Å². The van der Waals surface area contributed by atoms with Crippen LogP contribution in [0.4, 0.5) is 0 Å². The van der Waals surface area contributed by atoms with Crippen LogP contribution in [0.25, 0.3) is 0 Å². The first kappa shape index (κ1) is 11.3. The van der Waals surface area contributed by atoms with Crippen molar-refractivity contribution in [3.8, 4) is 0 Å². The van der Waals surface area contributed by atoms with Gasteiger partial charge in [0.15, 0.2) is 0 Å². The molecule has 1 rings (SSSR count). The van der Waals surface area contributed by atoms with E-state index in [0.717, 1.165) is 6.26 Å². The van der Waals surface area contributed by atoms with Crippen molar-refractivity contribution < 1.29 is 23.8 Å². The highest BCUT2D eigenvalue weighted by Crippen LogP contribution is 2.16. The molecule has 1 N–H and O–H groups in total. The van der Waals surface area contributed by atoms with Gasteiger partial charge in [-0.15, -0.1) is 0 Å². The Morgan fingerprint density at radius 3 is 2.47 bits per heavy atom. The molecular formula is C10H12O5. The molecule has 0 saturated heterocycles. The summed E-state index contributed by atoms with van der Waals surface area (Å²) >= 11 is 0. The van der Waals surface area contributed by atoms with Crippen LogP contribution in [0.2, 0.25) is 0 Å². The highest BCUT2D eigenvalue weighted by atomic mass is 16.6. The molecule has 5 nitrogen and oxygen atoms in total. The van der Waals surface area contributed by atoms with Crippen molar-refractivity contribution in [2.75, 3.05) is 0 Å². The largest absolute Gasteiger partial charge is 0.475 e. The van der Waals surface area contributed by atoms with Crippen LogP contribution in [-0.4, -0.2) is 22.6 Å². The Morgan fingerprint density at radius 2 is 2.00 bits per heavy atom. The van der Waals surface area contributed by atoms with Gasteiger partial charge in [0.1, 0.15) is 11.2 Å². The zero-order valence-corrected chi connectivity index (χ0v) is 8.73. The molecule has 0 unspecified atom stereocenters. The number of furan rings is 1. The van der Waals surface area contributed by atoms with Gasteiger partial charge < -0.3 is 14.3 Å². The number of esters is 1. The molecular weight excluding hydrogens is 200 g/mol. The fourth-order valence-electron chi connectivity index (χ4n) is 0.969. The van der Waals surface area contributed by atoms with E-state index in [9.17, 15) is 9.59 Å². The van der Waals surface area contributed by atoms with Crippen molar-refractivity contribution in [1.29, 1.82) is 0 Å². The predicted octanol–water partition coefficient (Wildman–Crippen LogP) is 1.93. The average Bonchev–Trinajstić information content (AvgIpc) is 2.47. The summed E-state index contributed by atoms with van der Waals surface area (Å²) in [6.07, 6.45) is 1.14. The number of ether oxygens (including phenoxy) is 1. The third kappa shape index (κ3) is 2.83. The summed E-state index contributed by atoms with van der Waals surface area (Å²) in [4.78, 5) is 22.2. The first-order valence-electron chi connectivity index (χ1n) is 4.35. The second-order valence-corrected chi connectivity index (χ2v) is 3.97. The van der Waals surface area contributed by atoms with E-state index in [1.807, 2.05) is 0 Å². The molecule has 82 valence electrons. The van der Waals surface area contributed by atoms with E-state index in [1.165, 1.54) is 6.07 Å². The van der Waals surface area contributed by atoms with Crippen LogP contribution in [0.1, 0.15) is 41.7 Å². The Morgan fingerprint density at radius 1 is 1.40 bits per heavy atom. The lowest BCUT2D eigenvalue weighted by Gasteiger charge is -2.18. The van der Waals surface area contributed by atoms with Gasteiger partial charge in [0.05, 0.1) is 6.26 Å². The first-order chi connectivity index (χ1) is 6.81. The molecule has 0 bridgehead atoms. The van der Waals surface area contributed by atoms with Gasteiger partial charge in [-0.1, -0.05) is 0 Å². The fourth-order valence-corrected chi connectivity index (χ4v) is 0.969. The number of rotatable bonds is 2. The quantitative estimate of drug-likeness (QED) is 0.758. The number of hydrogen-bond acceptors (Lipinski definition) is 4. The Labute approximate surface area is 86.6 Å². The van der Waals surface area contributed by atoms with Gasteiger partial charge in [-0.25, -0.2) is 9.59 Å². The van der Waals surface area contributed by atoms with Crippen LogP contribution >= 0.6 is 0 Å². The van der Waals surface area contributed by atoms with Gasteiger partial charge in [-0.3, -0.25) is 0 Å². The van der Waals surface area contributed by atoms with Crippen molar-refractivity contribution in [1.82, 2.24) is 0 Å². The number of aromatic carboxylic acids is 1. The average molecular weight is 212 g/mol. The summed E-state index contributed by atoms with van der Waals surface area (Å²) in [5.41, 5.74) is -0.734. The van der Waals surface area contributed by atoms with Crippen LogP contribution in [-0.2, 0) is 4.74 Å². The molecule has 1 aromatic heterocycles. The molecule has 0 aliphatic heterocycles. The summed E-state index contributed by atoms with van der Waals surface area (Å²) in [5, 5.41) is 8.70. The Bertz CT molecular complexity index is 383. The topological polar surface area (TPSA) is 76.7 Å². The smallest absolute Gasteiger partial charge is 0.372 e. The summed E-state index contributed by atoms with van der Waals surface area (Å²) in [6.45, 7) is 5.10. The number of carbonyl (C=O) groups is 2. The second-order valence-electron chi connectivity index (χ2n) is 3.97. The third-order valence-electron chi connectivity index (χ3n) is 1.48. The van der Waals surface area contributed by atoms with Crippen molar-refractivity contribution >= 4 is 11.9 Å². The molecule has 0 amide bonds. The summed E-state index contributed by atoms with van der Waals surface area (Å²) in [5.74, 6) is -2.39. The zero-order valence-electron chi connectivity index (χ0n) is 8.73. The number of carboxylic acid groups (broad SMARTS) is 1. The molecule has 0 aliphatic carbocycles. The lowest BCUT2D eigenvalue weighted by molar-refractivity contribution is 0.00641. The van der Waals surface area contributed by atoms with E-state index in [2.05, 4.69) is 4.42 Å². The highest BCUT2D eigenvalue weighted by Gasteiger charge is 2.25. The third-order valence-corrected chi connectivity index (χ3v) is 1.48. The van der Waals surface area contributed by atoms with Crippen LogP contribution in [0.3, 0.4) is 0 Å². The van der Waals surface area contributed by atoms with Crippen molar-refractivity contribution in [2.24, 2.45) is 0 Å². The molecule has 1 aromatic rings. The van der Waals surface area contributed by atoms with Crippen LogP contribution in [0.5, 0.6) is 0 Å². The fraction of sp³-hybridized carbons (Fsp3) is 0.400. The molecule has 0 fully saturated rings. The van der Waals surface area contributed by atoms with E-state index in [0.29, 0.717) is 0 Å². The summed E-state index contributed by atoms with van der Waals surface area (Å²) in [7, 11) is 0. The molecule has 15 heavy (non-hydrogen) atoms. The normalized spacial score (nSPS) is 11.1. The van der Waals surface area contributed by atoms with Crippen molar-refractivity contribution in [2.45, 2.75) is 26.4 Å². The van der Waals surface area contributed by atoms with Gasteiger partial charge in [0.25, 0.3) is 0 Å². The van der Waals surface area contributed by atoms with E-state index in [1.54, 1.807) is 20.8 Å². The Balaban J connectivity index is 2.92. The van der Waals surface area contributed by atoms with E-state index in [4.69, 9.17) is 9.84 Å². The van der Waals surface area contributed by atoms with E-state index < -0.39 is 23.3 Å². The SMILES string of the molecule is CC(C)(C)OC(=O)c1ccoc1C(=O)O. The first-order valence-corrected chi connectivity index (χ1v) is 4.35. The van der Waals surface area contributed by atoms with Gasteiger partial charge >= 0.3 is 11.9 Å². The van der Waals surface area contributed by atoms with Crippen LogP contribution in [0, 0.1) is 0 Å². The number of carbonyl (C=O) groups excluding carboxylic acids is 1. The van der Waals surface area contributed by atoms with Crippen molar-refractivity contribution in [3.63, 3.8) is 0 Å². The highest BCUT2D eigenvalue weighted by molar-refractivity contribution is 6.00. The lowest BCUT2D eigenvalue weighted by Crippen LogP contribution is -2.24. The molecule has 1 heterocycles. The minimum Gasteiger partial charge on any atom is -0.475 e. The minimum atomic E-state index is -1.29. The summed E-state index contributed by atoms with van der Waals surface area (Å²) < 4.78 is 9.67. The minimum absolute atomic E-state index is 0.0718. The zero-order chi connectivity index (χ0) is 11.6. The maximum Gasteiger partial charge on any atom is 0.372 e. The van der Waals surface area contributed by atoms with Gasteiger partial charge in [-0.05, 0) is 26.8 Å². The molecule has 0 saturated carbocycles. The maximum atomic E-state index is 11.5. The number of carboxylic acids is 1. The predicted molar refractivity (Wildman–Crippen MR) is 50.8 cm³/mol. The van der Waals surface area contributed by atoms with Gasteiger partial charge in [0.2, 0.25) is 5.76 Å². The monoisotopic (exact) mass is 212 g/mol. The second kappa shape index (κ2) is 3.76. The maximum absolute atomic E-state index is 11.5. The van der Waals surface area contributed by atoms with Gasteiger partial charge in [0, 0.05) is 0 Å². The Kier molecular flexibility index (Phi) is 2.83.